The van der Waals surface area contributed by atoms with Crippen LogP contribution in [-0.4, -0.2) is 32.5 Å². The maximum absolute atomic E-state index is 11.7. The SMILES string of the molecule is CN=C(NCCc1cccc(C(=O)NC)c1)NCc1ccc(Br)cc1.I. The lowest BCUT2D eigenvalue weighted by Crippen LogP contribution is -2.37. The normalized spacial score (nSPS) is 10.7. The van der Waals surface area contributed by atoms with E-state index in [9.17, 15) is 4.79 Å². The number of guanidine groups is 1. The first-order chi connectivity index (χ1) is 12.1. The van der Waals surface area contributed by atoms with Gasteiger partial charge < -0.3 is 16.0 Å². The third-order valence-electron chi connectivity index (χ3n) is 3.72. The molecule has 1 amide bonds. The fraction of sp³-hybridized carbons (Fsp3) is 0.263. The molecular weight excluding hydrogens is 507 g/mol. The Bertz CT molecular complexity index is 735. The highest BCUT2D eigenvalue weighted by atomic mass is 127. The first kappa shape index (κ1) is 22.4. The third kappa shape index (κ3) is 7.33. The summed E-state index contributed by atoms with van der Waals surface area (Å²) in [6.45, 7) is 1.44. The van der Waals surface area contributed by atoms with Crippen LogP contribution in [0.2, 0.25) is 0 Å². The van der Waals surface area contributed by atoms with E-state index in [4.69, 9.17) is 0 Å². The minimum Gasteiger partial charge on any atom is -0.356 e. The van der Waals surface area contributed by atoms with Gasteiger partial charge in [-0.05, 0) is 41.8 Å². The highest BCUT2D eigenvalue weighted by Gasteiger charge is 2.04. The third-order valence-corrected chi connectivity index (χ3v) is 4.25. The molecule has 0 heterocycles. The molecule has 2 rings (SSSR count). The standard InChI is InChI=1S/C19H23BrN4O.HI/c1-21-18(25)16-5-3-4-14(12-16)10-11-23-19(22-2)24-13-15-6-8-17(20)9-7-15;/h3-9,12H,10-11,13H2,1-2H3,(H,21,25)(H2,22,23,24);1H. The molecule has 0 aliphatic carbocycles. The molecule has 2 aromatic rings. The van der Waals surface area contributed by atoms with Crippen molar-refractivity contribution in [3.63, 3.8) is 0 Å². The number of amides is 1. The Hall–Kier alpha value is -1.61. The first-order valence-electron chi connectivity index (χ1n) is 8.12. The number of hydrogen-bond donors (Lipinski definition) is 3. The van der Waals surface area contributed by atoms with Gasteiger partial charge in [0.15, 0.2) is 5.96 Å². The summed E-state index contributed by atoms with van der Waals surface area (Å²) >= 11 is 3.43. The number of carbonyl (C=O) groups is 1. The number of aliphatic imine (C=N–C) groups is 1. The lowest BCUT2D eigenvalue weighted by molar-refractivity contribution is 0.0963. The second kappa shape index (κ2) is 11.9. The van der Waals surface area contributed by atoms with Gasteiger partial charge in [0.05, 0.1) is 0 Å². The fourth-order valence-electron chi connectivity index (χ4n) is 2.35. The zero-order valence-electron chi connectivity index (χ0n) is 14.9. The zero-order chi connectivity index (χ0) is 18.1. The van der Waals surface area contributed by atoms with Gasteiger partial charge in [-0.2, -0.15) is 0 Å². The van der Waals surface area contributed by atoms with Crippen LogP contribution in [0.15, 0.2) is 58.0 Å². The quantitative estimate of drug-likeness (QED) is 0.305. The zero-order valence-corrected chi connectivity index (χ0v) is 18.8. The van der Waals surface area contributed by atoms with Gasteiger partial charge >= 0.3 is 0 Å². The van der Waals surface area contributed by atoms with E-state index >= 15 is 0 Å². The van der Waals surface area contributed by atoms with Crippen LogP contribution in [-0.2, 0) is 13.0 Å². The van der Waals surface area contributed by atoms with Gasteiger partial charge in [-0.25, -0.2) is 0 Å². The van der Waals surface area contributed by atoms with E-state index in [-0.39, 0.29) is 29.9 Å². The van der Waals surface area contributed by atoms with Gasteiger partial charge in [-0.1, -0.05) is 40.2 Å². The van der Waals surface area contributed by atoms with Crippen molar-refractivity contribution >= 4 is 51.8 Å². The summed E-state index contributed by atoms with van der Waals surface area (Å²) in [5, 5.41) is 9.22. The molecule has 0 saturated heterocycles. The fourth-order valence-corrected chi connectivity index (χ4v) is 2.61. The molecule has 0 atom stereocenters. The van der Waals surface area contributed by atoms with Crippen LogP contribution in [0, 0.1) is 0 Å². The molecular formula is C19H24BrIN4O. The first-order valence-corrected chi connectivity index (χ1v) is 8.91. The van der Waals surface area contributed by atoms with Crippen LogP contribution >= 0.6 is 39.9 Å². The largest absolute Gasteiger partial charge is 0.356 e. The van der Waals surface area contributed by atoms with E-state index < -0.39 is 0 Å². The minimum atomic E-state index is -0.0678. The number of nitrogens with one attached hydrogen (secondary N) is 3. The molecule has 26 heavy (non-hydrogen) atoms. The number of nitrogens with zero attached hydrogens (tertiary/aromatic N) is 1. The molecule has 0 aromatic heterocycles. The van der Waals surface area contributed by atoms with Gasteiger partial charge in [0.2, 0.25) is 0 Å². The molecule has 140 valence electrons. The molecule has 0 unspecified atom stereocenters. The molecule has 5 nitrogen and oxygen atoms in total. The Morgan fingerprint density at radius 2 is 1.81 bits per heavy atom. The van der Waals surface area contributed by atoms with Gasteiger partial charge in [0.1, 0.15) is 0 Å². The van der Waals surface area contributed by atoms with E-state index in [0.717, 1.165) is 29.0 Å². The number of halogens is 2. The maximum Gasteiger partial charge on any atom is 0.251 e. The van der Waals surface area contributed by atoms with E-state index in [1.807, 2.05) is 36.4 Å². The molecule has 0 saturated carbocycles. The van der Waals surface area contributed by atoms with Crippen LogP contribution in [0.5, 0.6) is 0 Å². The molecule has 0 aliphatic rings. The van der Waals surface area contributed by atoms with Crippen LogP contribution < -0.4 is 16.0 Å². The van der Waals surface area contributed by atoms with Crippen molar-refractivity contribution in [3.05, 3.63) is 69.7 Å². The van der Waals surface area contributed by atoms with Crippen molar-refractivity contribution in [1.29, 1.82) is 0 Å². The van der Waals surface area contributed by atoms with Crippen molar-refractivity contribution in [2.24, 2.45) is 4.99 Å². The summed E-state index contributed by atoms with van der Waals surface area (Å²) in [5.74, 6) is 0.687. The predicted molar refractivity (Wildman–Crippen MR) is 121 cm³/mol. The Kier molecular flexibility index (Phi) is 10.3. The predicted octanol–water partition coefficient (Wildman–Crippen LogP) is 3.33. The lowest BCUT2D eigenvalue weighted by Gasteiger charge is -2.12. The molecule has 0 fully saturated rings. The Morgan fingerprint density at radius 1 is 1.08 bits per heavy atom. The molecule has 0 bridgehead atoms. The monoisotopic (exact) mass is 530 g/mol. The average Bonchev–Trinajstić information content (AvgIpc) is 2.65. The topological polar surface area (TPSA) is 65.5 Å². The van der Waals surface area contributed by atoms with Gasteiger partial charge in [-0.15, -0.1) is 24.0 Å². The van der Waals surface area contributed by atoms with E-state index in [1.54, 1.807) is 14.1 Å². The molecule has 2 aromatic carbocycles. The Balaban J connectivity index is 0.00000338. The molecule has 0 aliphatic heterocycles. The van der Waals surface area contributed by atoms with Crippen molar-refractivity contribution < 1.29 is 4.79 Å². The highest BCUT2D eigenvalue weighted by Crippen LogP contribution is 2.10. The Morgan fingerprint density at radius 3 is 2.46 bits per heavy atom. The maximum atomic E-state index is 11.7. The highest BCUT2D eigenvalue weighted by molar-refractivity contribution is 14.0. The van der Waals surface area contributed by atoms with Crippen LogP contribution in [0.25, 0.3) is 0 Å². The number of hydrogen-bond acceptors (Lipinski definition) is 2. The van der Waals surface area contributed by atoms with E-state index in [1.165, 1.54) is 5.56 Å². The van der Waals surface area contributed by atoms with Crippen LogP contribution in [0.1, 0.15) is 21.5 Å². The molecule has 7 heteroatoms. The minimum absolute atomic E-state index is 0. The number of carbonyl (C=O) groups excluding carboxylic acids is 1. The van der Waals surface area contributed by atoms with Gasteiger partial charge in [0, 0.05) is 37.2 Å². The second-order valence-electron chi connectivity index (χ2n) is 5.51. The summed E-state index contributed by atoms with van der Waals surface area (Å²) in [7, 11) is 3.39. The molecule has 3 N–H and O–H groups in total. The lowest BCUT2D eigenvalue weighted by atomic mass is 10.1. The average molecular weight is 531 g/mol. The van der Waals surface area contributed by atoms with Crippen molar-refractivity contribution in [1.82, 2.24) is 16.0 Å². The number of benzene rings is 2. The summed E-state index contributed by atoms with van der Waals surface area (Å²) in [5.41, 5.74) is 2.97. The summed E-state index contributed by atoms with van der Waals surface area (Å²) < 4.78 is 1.07. The molecule has 0 spiro atoms. The van der Waals surface area contributed by atoms with E-state index in [0.29, 0.717) is 12.1 Å². The van der Waals surface area contributed by atoms with Gasteiger partial charge in [-0.3, -0.25) is 9.79 Å². The second-order valence-corrected chi connectivity index (χ2v) is 6.42. The smallest absolute Gasteiger partial charge is 0.251 e. The van der Waals surface area contributed by atoms with Crippen LogP contribution in [0.3, 0.4) is 0 Å². The van der Waals surface area contributed by atoms with E-state index in [2.05, 4.69) is 49.0 Å². The number of rotatable bonds is 6. The Labute approximate surface area is 180 Å². The van der Waals surface area contributed by atoms with Crippen molar-refractivity contribution in [3.8, 4) is 0 Å². The summed E-state index contributed by atoms with van der Waals surface area (Å²) in [6, 6.07) is 15.8. The molecule has 0 radical (unpaired) electrons. The van der Waals surface area contributed by atoms with Gasteiger partial charge in [0.25, 0.3) is 5.91 Å². The van der Waals surface area contributed by atoms with Crippen molar-refractivity contribution in [2.75, 3.05) is 20.6 Å². The summed E-state index contributed by atoms with van der Waals surface area (Å²) in [4.78, 5) is 15.9. The van der Waals surface area contributed by atoms with Crippen molar-refractivity contribution in [2.45, 2.75) is 13.0 Å². The van der Waals surface area contributed by atoms with Crippen LogP contribution in [0.4, 0.5) is 0 Å². The summed E-state index contributed by atoms with van der Waals surface area (Å²) in [6.07, 6.45) is 0.809.